The maximum Gasteiger partial charge on any atom is 0.307 e. The van der Waals surface area contributed by atoms with Gasteiger partial charge in [0, 0.05) is 18.8 Å². The summed E-state index contributed by atoms with van der Waals surface area (Å²) in [7, 11) is 0. The monoisotopic (exact) mass is 269 g/mol. The Morgan fingerprint density at radius 2 is 2.22 bits per heavy atom. The summed E-state index contributed by atoms with van der Waals surface area (Å²) in [5.41, 5.74) is 2.36. The average molecular weight is 270 g/mol. The molecule has 0 aliphatic carbocycles. The third kappa shape index (κ3) is 4.96. The van der Waals surface area contributed by atoms with Gasteiger partial charge >= 0.3 is 5.97 Å². The van der Waals surface area contributed by atoms with E-state index in [9.17, 15) is 4.79 Å². The van der Waals surface area contributed by atoms with Crippen LogP contribution in [0.25, 0.3) is 0 Å². The highest BCUT2D eigenvalue weighted by atomic mass is 35.5. The number of alkyl halides is 1. The molecule has 4 heteroatoms. The topological polar surface area (TPSA) is 29.5 Å². The lowest BCUT2D eigenvalue weighted by Gasteiger charge is -2.23. The van der Waals surface area contributed by atoms with E-state index in [0.717, 1.165) is 12.2 Å². The highest BCUT2D eigenvalue weighted by Crippen LogP contribution is 2.15. The number of carbonyl (C=O) groups excluding carboxylic acids is 1. The Kier molecular flexibility index (Phi) is 6.58. The smallest absolute Gasteiger partial charge is 0.307 e. The third-order valence-electron chi connectivity index (χ3n) is 2.67. The van der Waals surface area contributed by atoms with Gasteiger partial charge < -0.3 is 9.64 Å². The number of ether oxygens (including phenoxy) is 1. The molecule has 1 aromatic rings. The molecule has 0 unspecified atom stereocenters. The zero-order chi connectivity index (χ0) is 13.4. The molecule has 0 saturated heterocycles. The quantitative estimate of drug-likeness (QED) is 0.563. The van der Waals surface area contributed by atoms with Crippen molar-refractivity contribution in [3.8, 4) is 0 Å². The molecule has 0 fully saturated rings. The second kappa shape index (κ2) is 7.98. The van der Waals surface area contributed by atoms with Gasteiger partial charge in [-0.05, 0) is 31.5 Å². The normalized spacial score (nSPS) is 10.2. The van der Waals surface area contributed by atoms with Gasteiger partial charge in [0.25, 0.3) is 0 Å². The molecule has 0 aliphatic rings. The summed E-state index contributed by atoms with van der Waals surface area (Å²) in [4.78, 5) is 13.6. The summed E-state index contributed by atoms with van der Waals surface area (Å²) in [6.45, 7) is 5.96. The number of anilines is 1. The predicted molar refractivity (Wildman–Crippen MR) is 75.4 cm³/mol. The summed E-state index contributed by atoms with van der Waals surface area (Å²) >= 11 is 5.46. The standard InChI is InChI=1S/C14H20ClNO2/c1-3-16(9-7-14(17)18-10-8-15)13-6-4-5-12(2)11-13/h4-6,11H,3,7-10H2,1-2H3. The third-order valence-corrected chi connectivity index (χ3v) is 2.83. The van der Waals surface area contributed by atoms with Gasteiger partial charge in [-0.25, -0.2) is 0 Å². The van der Waals surface area contributed by atoms with E-state index >= 15 is 0 Å². The molecule has 0 aromatic heterocycles. The van der Waals surface area contributed by atoms with Gasteiger partial charge in [-0.3, -0.25) is 4.79 Å². The molecule has 0 radical (unpaired) electrons. The van der Waals surface area contributed by atoms with Crippen LogP contribution in [0.1, 0.15) is 18.9 Å². The molecule has 0 heterocycles. The first-order valence-corrected chi connectivity index (χ1v) is 6.74. The number of aryl methyl sites for hydroxylation is 1. The van der Waals surface area contributed by atoms with Crippen molar-refractivity contribution in [1.82, 2.24) is 0 Å². The van der Waals surface area contributed by atoms with Crippen LogP contribution in [0.3, 0.4) is 0 Å². The molecule has 0 aliphatic heterocycles. The van der Waals surface area contributed by atoms with Crippen molar-refractivity contribution in [3.05, 3.63) is 29.8 Å². The van der Waals surface area contributed by atoms with Crippen molar-refractivity contribution in [3.63, 3.8) is 0 Å². The minimum Gasteiger partial charge on any atom is -0.464 e. The molecule has 0 saturated carbocycles. The molecular formula is C14H20ClNO2. The molecule has 18 heavy (non-hydrogen) atoms. The Morgan fingerprint density at radius 1 is 1.44 bits per heavy atom. The molecular weight excluding hydrogens is 250 g/mol. The Labute approximate surface area is 114 Å². The van der Waals surface area contributed by atoms with Crippen molar-refractivity contribution in [1.29, 1.82) is 0 Å². The van der Waals surface area contributed by atoms with E-state index in [0.29, 0.717) is 18.8 Å². The number of hydrogen-bond donors (Lipinski definition) is 0. The van der Waals surface area contributed by atoms with E-state index in [1.165, 1.54) is 5.56 Å². The van der Waals surface area contributed by atoms with Crippen LogP contribution >= 0.6 is 11.6 Å². The Hall–Kier alpha value is -1.22. The summed E-state index contributed by atoms with van der Waals surface area (Å²) < 4.78 is 4.95. The Balaban J connectivity index is 2.50. The zero-order valence-electron chi connectivity index (χ0n) is 11.0. The van der Waals surface area contributed by atoms with Crippen LogP contribution < -0.4 is 4.90 Å². The number of rotatable bonds is 7. The molecule has 0 amide bonds. The van der Waals surface area contributed by atoms with Crippen LogP contribution in [0, 0.1) is 6.92 Å². The van der Waals surface area contributed by atoms with Gasteiger partial charge in [0.05, 0.1) is 12.3 Å². The lowest BCUT2D eigenvalue weighted by atomic mass is 10.2. The predicted octanol–water partition coefficient (Wildman–Crippen LogP) is 2.99. The zero-order valence-corrected chi connectivity index (χ0v) is 11.7. The molecule has 100 valence electrons. The van der Waals surface area contributed by atoms with Gasteiger partial charge in [0.2, 0.25) is 0 Å². The fourth-order valence-corrected chi connectivity index (χ4v) is 1.82. The Morgan fingerprint density at radius 3 is 2.83 bits per heavy atom. The molecule has 0 atom stereocenters. The van der Waals surface area contributed by atoms with Gasteiger partial charge in [0.15, 0.2) is 0 Å². The lowest BCUT2D eigenvalue weighted by Crippen LogP contribution is -2.26. The summed E-state index contributed by atoms with van der Waals surface area (Å²) in [5, 5.41) is 0. The van der Waals surface area contributed by atoms with E-state index in [1.807, 2.05) is 6.07 Å². The molecule has 1 rings (SSSR count). The summed E-state index contributed by atoms with van der Waals surface area (Å²) in [6.07, 6.45) is 0.388. The largest absolute Gasteiger partial charge is 0.464 e. The van der Waals surface area contributed by atoms with E-state index in [4.69, 9.17) is 16.3 Å². The highest BCUT2D eigenvalue weighted by Gasteiger charge is 2.08. The fourth-order valence-electron chi connectivity index (χ4n) is 1.75. The van der Waals surface area contributed by atoms with Gasteiger partial charge in [-0.2, -0.15) is 0 Å². The number of hydrogen-bond acceptors (Lipinski definition) is 3. The van der Waals surface area contributed by atoms with E-state index < -0.39 is 0 Å². The highest BCUT2D eigenvalue weighted by molar-refractivity contribution is 6.18. The molecule has 3 nitrogen and oxygen atoms in total. The Bertz CT molecular complexity index is 382. The van der Waals surface area contributed by atoms with Crippen molar-refractivity contribution in [2.75, 3.05) is 30.5 Å². The van der Waals surface area contributed by atoms with E-state index in [2.05, 4.69) is 36.9 Å². The van der Waals surface area contributed by atoms with Crippen LogP contribution in [0.15, 0.2) is 24.3 Å². The molecule has 1 aromatic carbocycles. The first-order valence-electron chi connectivity index (χ1n) is 6.20. The first kappa shape index (κ1) is 14.8. The number of esters is 1. The molecule has 0 N–H and O–H groups in total. The first-order chi connectivity index (χ1) is 8.67. The van der Waals surface area contributed by atoms with Crippen molar-refractivity contribution in [2.45, 2.75) is 20.3 Å². The molecule has 0 bridgehead atoms. The maximum absolute atomic E-state index is 11.4. The van der Waals surface area contributed by atoms with Crippen molar-refractivity contribution in [2.24, 2.45) is 0 Å². The van der Waals surface area contributed by atoms with Crippen molar-refractivity contribution < 1.29 is 9.53 Å². The van der Waals surface area contributed by atoms with E-state index in [1.54, 1.807) is 0 Å². The van der Waals surface area contributed by atoms with E-state index in [-0.39, 0.29) is 12.6 Å². The van der Waals surface area contributed by atoms with Crippen molar-refractivity contribution >= 4 is 23.3 Å². The minimum absolute atomic E-state index is 0.193. The molecule has 0 spiro atoms. The van der Waals surface area contributed by atoms with Crippen LogP contribution in [-0.2, 0) is 9.53 Å². The van der Waals surface area contributed by atoms with Crippen LogP contribution in [0.5, 0.6) is 0 Å². The number of benzene rings is 1. The van der Waals surface area contributed by atoms with Crippen LogP contribution in [0.4, 0.5) is 5.69 Å². The summed E-state index contributed by atoms with van der Waals surface area (Å²) in [6, 6.07) is 8.26. The van der Waals surface area contributed by atoms with Gasteiger partial charge in [-0.1, -0.05) is 12.1 Å². The number of carbonyl (C=O) groups is 1. The number of nitrogens with zero attached hydrogens (tertiary/aromatic N) is 1. The summed E-state index contributed by atoms with van der Waals surface area (Å²) in [5.74, 6) is 0.156. The fraction of sp³-hybridized carbons (Fsp3) is 0.500. The maximum atomic E-state index is 11.4. The minimum atomic E-state index is -0.193. The second-order valence-corrected chi connectivity index (χ2v) is 4.46. The van der Waals surface area contributed by atoms with Crippen LogP contribution in [0.2, 0.25) is 0 Å². The average Bonchev–Trinajstić information content (AvgIpc) is 2.37. The van der Waals surface area contributed by atoms with Crippen LogP contribution in [-0.4, -0.2) is 31.5 Å². The number of halogens is 1. The second-order valence-electron chi connectivity index (χ2n) is 4.08. The van der Waals surface area contributed by atoms with Gasteiger partial charge in [0.1, 0.15) is 6.61 Å². The SMILES string of the molecule is CCN(CCC(=O)OCCCl)c1cccc(C)c1. The lowest BCUT2D eigenvalue weighted by molar-refractivity contribution is -0.142. The van der Waals surface area contributed by atoms with Gasteiger partial charge in [-0.15, -0.1) is 11.6 Å².